The molecule has 30 heavy (non-hydrogen) atoms. The number of para-hydroxylation sites is 1. The molecule has 0 aliphatic carbocycles. The molecular formula is C22H21Cl2N5O. The number of aromatic nitrogens is 3. The average Bonchev–Trinajstić information content (AvgIpc) is 3.10. The molecule has 4 rings (SSSR count). The van der Waals surface area contributed by atoms with Crippen LogP contribution in [0.1, 0.15) is 11.3 Å². The lowest BCUT2D eigenvalue weighted by Crippen LogP contribution is -2.12. The van der Waals surface area contributed by atoms with Crippen molar-refractivity contribution in [3.63, 3.8) is 0 Å². The Balaban J connectivity index is 1.81. The second kappa shape index (κ2) is 8.14. The smallest absolute Gasteiger partial charge is 0.258 e. The van der Waals surface area contributed by atoms with Gasteiger partial charge in [-0.2, -0.15) is 0 Å². The third kappa shape index (κ3) is 3.81. The zero-order valence-electron chi connectivity index (χ0n) is 16.8. The Morgan fingerprint density at radius 3 is 2.57 bits per heavy atom. The summed E-state index contributed by atoms with van der Waals surface area (Å²) in [6.07, 6.45) is 3.96. The van der Waals surface area contributed by atoms with Crippen LogP contribution in [0.4, 0.5) is 11.6 Å². The lowest BCUT2D eigenvalue weighted by molar-refractivity contribution is 0.457. The van der Waals surface area contributed by atoms with E-state index in [0.29, 0.717) is 32.6 Å². The van der Waals surface area contributed by atoms with Crippen molar-refractivity contribution < 1.29 is 0 Å². The maximum atomic E-state index is 12.9. The fourth-order valence-electron chi connectivity index (χ4n) is 3.38. The maximum Gasteiger partial charge on any atom is 0.258 e. The van der Waals surface area contributed by atoms with Crippen molar-refractivity contribution >= 4 is 62.7 Å². The van der Waals surface area contributed by atoms with Crippen LogP contribution in [0, 0.1) is 6.92 Å². The normalized spacial score (nSPS) is 11.9. The van der Waals surface area contributed by atoms with Crippen LogP contribution in [0.2, 0.25) is 10.0 Å². The number of hydrogen-bond acceptors (Lipinski definition) is 4. The molecule has 0 aliphatic heterocycles. The van der Waals surface area contributed by atoms with E-state index in [4.69, 9.17) is 23.2 Å². The first-order chi connectivity index (χ1) is 14.3. The number of nitrogens with one attached hydrogen (secondary N) is 3. The Labute approximate surface area is 183 Å². The summed E-state index contributed by atoms with van der Waals surface area (Å²) in [4.78, 5) is 25.8. The van der Waals surface area contributed by atoms with E-state index in [-0.39, 0.29) is 5.56 Å². The highest BCUT2D eigenvalue weighted by molar-refractivity contribution is 6.39. The molecule has 0 fully saturated rings. The number of imidazole rings is 1. The van der Waals surface area contributed by atoms with E-state index >= 15 is 0 Å². The molecule has 0 unspecified atom stereocenters. The van der Waals surface area contributed by atoms with Crippen molar-refractivity contribution in [2.45, 2.75) is 6.92 Å². The highest BCUT2D eigenvalue weighted by atomic mass is 35.5. The SMILES string of the molecule is Cc1c(/C=C/CN(C)C)[nH]c(=O)c2c1ccc1[nH]c(Nc3c(Cl)cccc3Cl)nc12. The van der Waals surface area contributed by atoms with Gasteiger partial charge in [-0.3, -0.25) is 4.79 Å². The van der Waals surface area contributed by atoms with Crippen LogP contribution in [0.25, 0.3) is 27.9 Å². The molecule has 0 atom stereocenters. The van der Waals surface area contributed by atoms with Crippen molar-refractivity contribution in [1.82, 2.24) is 19.9 Å². The number of aryl methyl sites for hydroxylation is 1. The monoisotopic (exact) mass is 441 g/mol. The molecule has 3 N–H and O–H groups in total. The third-order valence-corrected chi connectivity index (χ3v) is 5.53. The van der Waals surface area contributed by atoms with Crippen LogP contribution in [-0.2, 0) is 0 Å². The van der Waals surface area contributed by atoms with Crippen molar-refractivity contribution in [2.75, 3.05) is 26.0 Å². The molecule has 0 amide bonds. The van der Waals surface area contributed by atoms with Crippen LogP contribution in [0.5, 0.6) is 0 Å². The maximum absolute atomic E-state index is 12.9. The highest BCUT2D eigenvalue weighted by Gasteiger charge is 2.14. The number of rotatable bonds is 5. The van der Waals surface area contributed by atoms with Gasteiger partial charge in [-0.05, 0) is 56.2 Å². The molecule has 2 aromatic carbocycles. The van der Waals surface area contributed by atoms with Crippen LogP contribution in [-0.4, -0.2) is 40.5 Å². The first kappa shape index (κ1) is 20.5. The van der Waals surface area contributed by atoms with Crippen LogP contribution in [0.3, 0.4) is 0 Å². The largest absolute Gasteiger partial charge is 0.324 e. The van der Waals surface area contributed by atoms with Crippen molar-refractivity contribution in [1.29, 1.82) is 0 Å². The number of hydrogen-bond donors (Lipinski definition) is 3. The zero-order valence-corrected chi connectivity index (χ0v) is 18.3. The highest BCUT2D eigenvalue weighted by Crippen LogP contribution is 2.33. The molecule has 0 radical (unpaired) electrons. The van der Waals surface area contributed by atoms with Crippen molar-refractivity contribution in [3.05, 3.63) is 68.1 Å². The number of likely N-dealkylation sites (N-methyl/N-ethyl adjacent to an activating group) is 1. The molecule has 6 nitrogen and oxygen atoms in total. The van der Waals surface area contributed by atoms with Crippen LogP contribution < -0.4 is 10.9 Å². The number of nitrogens with zero attached hydrogens (tertiary/aromatic N) is 2. The second-order valence-corrected chi connectivity index (χ2v) is 8.16. The summed E-state index contributed by atoms with van der Waals surface area (Å²) < 4.78 is 0. The summed E-state index contributed by atoms with van der Waals surface area (Å²) in [6, 6.07) is 9.12. The quantitative estimate of drug-likeness (QED) is 0.390. The predicted molar refractivity (Wildman–Crippen MR) is 126 cm³/mol. The summed E-state index contributed by atoms with van der Waals surface area (Å²) in [6.45, 7) is 2.78. The van der Waals surface area contributed by atoms with E-state index in [0.717, 1.165) is 28.7 Å². The Bertz CT molecular complexity index is 1320. The van der Waals surface area contributed by atoms with E-state index < -0.39 is 0 Å². The molecule has 2 heterocycles. The van der Waals surface area contributed by atoms with E-state index in [9.17, 15) is 4.79 Å². The van der Waals surface area contributed by atoms with Crippen LogP contribution >= 0.6 is 23.2 Å². The predicted octanol–water partition coefficient (Wildman–Crippen LogP) is 5.34. The summed E-state index contributed by atoms with van der Waals surface area (Å²) in [5, 5.41) is 5.50. The van der Waals surface area contributed by atoms with E-state index in [2.05, 4.69) is 25.2 Å². The Morgan fingerprint density at radius 1 is 1.13 bits per heavy atom. The molecule has 154 valence electrons. The molecule has 0 bridgehead atoms. The topological polar surface area (TPSA) is 76.8 Å². The third-order valence-electron chi connectivity index (χ3n) is 4.90. The number of pyridine rings is 1. The van der Waals surface area contributed by atoms with Gasteiger partial charge in [0.15, 0.2) is 0 Å². The minimum absolute atomic E-state index is 0.181. The molecule has 0 saturated heterocycles. The minimum atomic E-state index is -0.181. The molecule has 4 aromatic rings. The van der Waals surface area contributed by atoms with Crippen LogP contribution in [0.15, 0.2) is 41.2 Å². The van der Waals surface area contributed by atoms with Gasteiger partial charge in [-0.1, -0.05) is 41.4 Å². The van der Waals surface area contributed by atoms with E-state index in [1.807, 2.05) is 45.3 Å². The van der Waals surface area contributed by atoms with Crippen molar-refractivity contribution in [2.24, 2.45) is 0 Å². The summed E-state index contributed by atoms with van der Waals surface area (Å²) in [5.74, 6) is 0.458. The number of benzene rings is 2. The Morgan fingerprint density at radius 2 is 1.87 bits per heavy atom. The van der Waals surface area contributed by atoms with Gasteiger partial charge in [0.1, 0.15) is 5.52 Å². The molecular weight excluding hydrogens is 421 g/mol. The van der Waals surface area contributed by atoms with Gasteiger partial charge in [-0.25, -0.2) is 4.98 Å². The molecule has 2 aromatic heterocycles. The second-order valence-electron chi connectivity index (χ2n) is 7.35. The van der Waals surface area contributed by atoms with E-state index in [1.165, 1.54) is 0 Å². The Kier molecular flexibility index (Phi) is 5.56. The molecule has 0 spiro atoms. The number of H-pyrrole nitrogens is 2. The van der Waals surface area contributed by atoms with Gasteiger partial charge in [0.05, 0.1) is 26.6 Å². The number of aromatic amines is 2. The molecule has 0 aliphatic rings. The fourth-order valence-corrected chi connectivity index (χ4v) is 3.88. The van der Waals surface area contributed by atoms with E-state index in [1.54, 1.807) is 18.2 Å². The molecule has 8 heteroatoms. The lowest BCUT2D eigenvalue weighted by Gasteiger charge is -2.08. The zero-order chi connectivity index (χ0) is 21.4. The first-order valence-electron chi connectivity index (χ1n) is 9.42. The average molecular weight is 442 g/mol. The summed E-state index contributed by atoms with van der Waals surface area (Å²) in [5.41, 5.74) is 3.50. The fraction of sp³-hybridized carbons (Fsp3) is 0.182. The first-order valence-corrected chi connectivity index (χ1v) is 10.2. The number of halogens is 2. The summed E-state index contributed by atoms with van der Waals surface area (Å²) >= 11 is 12.5. The number of anilines is 2. The van der Waals surface area contributed by atoms with Gasteiger partial charge in [0, 0.05) is 12.2 Å². The lowest BCUT2D eigenvalue weighted by atomic mass is 10.0. The molecule has 0 saturated carbocycles. The van der Waals surface area contributed by atoms with Gasteiger partial charge >= 0.3 is 0 Å². The van der Waals surface area contributed by atoms with Crippen molar-refractivity contribution in [3.8, 4) is 0 Å². The van der Waals surface area contributed by atoms with Gasteiger partial charge in [0.25, 0.3) is 5.56 Å². The number of fused-ring (bicyclic) bond motifs is 3. The minimum Gasteiger partial charge on any atom is -0.324 e. The Hall–Kier alpha value is -2.80. The summed E-state index contributed by atoms with van der Waals surface area (Å²) in [7, 11) is 3.99. The van der Waals surface area contributed by atoms with Gasteiger partial charge in [-0.15, -0.1) is 0 Å². The standard InChI is InChI=1S/C22H21Cl2N5O/c1-12-13-9-10-17-20(18(13)21(30)25-16(12)8-5-11-29(2)3)28-22(26-17)27-19-14(23)6-4-7-15(19)24/h4-10H,11H2,1-3H3,(H,25,30)(H2,26,27,28)/b8-5+. The van der Waals surface area contributed by atoms with Gasteiger partial charge in [0.2, 0.25) is 5.95 Å². The van der Waals surface area contributed by atoms with Gasteiger partial charge < -0.3 is 20.2 Å².